The highest BCUT2D eigenvalue weighted by Crippen LogP contribution is 2.24. The number of halogens is 1. The minimum atomic E-state index is -0.0764. The summed E-state index contributed by atoms with van der Waals surface area (Å²) >= 11 is 3.47. The molecule has 3 aromatic rings. The van der Waals surface area contributed by atoms with Crippen LogP contribution < -0.4 is 9.47 Å². The first-order valence-electron chi connectivity index (χ1n) is 10.6. The van der Waals surface area contributed by atoms with E-state index in [1.165, 1.54) is 0 Å². The Labute approximate surface area is 195 Å². The van der Waals surface area contributed by atoms with Crippen molar-refractivity contribution in [3.63, 3.8) is 0 Å². The van der Waals surface area contributed by atoms with Gasteiger partial charge in [-0.25, -0.2) is 0 Å². The van der Waals surface area contributed by atoms with Crippen LogP contribution in [0.5, 0.6) is 11.5 Å². The Morgan fingerprint density at radius 1 is 0.906 bits per heavy atom. The number of nitrogens with zero attached hydrogens (tertiary/aromatic N) is 2. The summed E-state index contributed by atoms with van der Waals surface area (Å²) in [4.78, 5) is 29.3. The average Bonchev–Trinajstić information content (AvgIpc) is 3.08. The van der Waals surface area contributed by atoms with Gasteiger partial charge in [0.1, 0.15) is 11.5 Å². The normalized spacial score (nSPS) is 14.2. The number of para-hydroxylation sites is 1. The van der Waals surface area contributed by atoms with Crippen LogP contribution in [0.2, 0.25) is 0 Å². The molecule has 166 valence electrons. The Morgan fingerprint density at radius 3 is 2.47 bits per heavy atom. The number of rotatable bonds is 5. The van der Waals surface area contributed by atoms with Crippen LogP contribution in [0.15, 0.2) is 65.1 Å². The Kier molecular flexibility index (Phi) is 6.95. The SMILES string of the molecule is COc1ccccc1C(=O)N1CCCN(C(=O)COc2ccc3cc(Br)ccc3c2)CC1. The number of methoxy groups -OCH3 is 1. The number of benzene rings is 3. The molecule has 2 amide bonds. The van der Waals surface area contributed by atoms with Crippen molar-refractivity contribution >= 4 is 38.5 Å². The number of carbonyl (C=O) groups is 2. The Morgan fingerprint density at radius 2 is 1.62 bits per heavy atom. The van der Waals surface area contributed by atoms with Crippen LogP contribution in [-0.2, 0) is 4.79 Å². The van der Waals surface area contributed by atoms with Gasteiger partial charge in [0.2, 0.25) is 0 Å². The zero-order chi connectivity index (χ0) is 22.5. The van der Waals surface area contributed by atoms with Crippen LogP contribution in [0.1, 0.15) is 16.8 Å². The number of ether oxygens (including phenoxy) is 2. The smallest absolute Gasteiger partial charge is 0.260 e. The molecule has 1 fully saturated rings. The number of hydrogen-bond acceptors (Lipinski definition) is 4. The van der Waals surface area contributed by atoms with Crippen molar-refractivity contribution in [3.05, 3.63) is 70.7 Å². The first kappa shape index (κ1) is 22.1. The van der Waals surface area contributed by atoms with E-state index in [4.69, 9.17) is 9.47 Å². The van der Waals surface area contributed by atoms with Crippen LogP contribution in [0, 0.1) is 0 Å². The second kappa shape index (κ2) is 10.0. The van der Waals surface area contributed by atoms with E-state index in [9.17, 15) is 9.59 Å². The lowest BCUT2D eigenvalue weighted by Gasteiger charge is -2.23. The second-order valence-corrected chi connectivity index (χ2v) is 8.58. The summed E-state index contributed by atoms with van der Waals surface area (Å²) in [6, 6.07) is 19.0. The summed E-state index contributed by atoms with van der Waals surface area (Å²) in [5.41, 5.74) is 0.543. The molecule has 0 unspecified atom stereocenters. The second-order valence-electron chi connectivity index (χ2n) is 7.67. The van der Waals surface area contributed by atoms with Gasteiger partial charge in [0.05, 0.1) is 12.7 Å². The summed E-state index contributed by atoms with van der Waals surface area (Å²) < 4.78 is 12.1. The van der Waals surface area contributed by atoms with E-state index in [0.717, 1.165) is 21.7 Å². The molecule has 0 bridgehead atoms. The zero-order valence-corrected chi connectivity index (χ0v) is 19.5. The van der Waals surface area contributed by atoms with E-state index in [0.29, 0.717) is 43.2 Å². The van der Waals surface area contributed by atoms with Crippen LogP contribution in [0.25, 0.3) is 10.8 Å². The average molecular weight is 497 g/mol. The van der Waals surface area contributed by atoms with Crippen molar-refractivity contribution in [2.45, 2.75) is 6.42 Å². The van der Waals surface area contributed by atoms with Crippen molar-refractivity contribution in [1.29, 1.82) is 0 Å². The number of carbonyl (C=O) groups excluding carboxylic acids is 2. The van der Waals surface area contributed by atoms with E-state index < -0.39 is 0 Å². The van der Waals surface area contributed by atoms with Gasteiger partial charge in [0.15, 0.2) is 6.61 Å². The number of hydrogen-bond donors (Lipinski definition) is 0. The quantitative estimate of drug-likeness (QED) is 0.526. The van der Waals surface area contributed by atoms with Gasteiger partial charge in [0.25, 0.3) is 11.8 Å². The molecule has 0 atom stereocenters. The van der Waals surface area contributed by atoms with Crippen molar-refractivity contribution in [2.24, 2.45) is 0 Å². The third kappa shape index (κ3) is 5.05. The molecule has 1 heterocycles. The standard InChI is InChI=1S/C25H25BrN2O4/c1-31-23-6-3-2-5-22(23)25(30)28-12-4-11-27(13-14-28)24(29)17-32-21-10-8-18-15-20(26)9-7-19(18)16-21/h2-3,5-10,15-16H,4,11-14,17H2,1H3. The lowest BCUT2D eigenvalue weighted by atomic mass is 10.1. The van der Waals surface area contributed by atoms with Gasteiger partial charge < -0.3 is 19.3 Å². The molecule has 4 rings (SSSR count). The van der Waals surface area contributed by atoms with Crippen molar-refractivity contribution in [1.82, 2.24) is 9.80 Å². The van der Waals surface area contributed by atoms with Crippen LogP contribution in [0.3, 0.4) is 0 Å². The minimum absolute atomic E-state index is 0.0253. The molecular weight excluding hydrogens is 472 g/mol. The van der Waals surface area contributed by atoms with Gasteiger partial charge in [-0.3, -0.25) is 9.59 Å². The number of amides is 2. The van der Waals surface area contributed by atoms with E-state index >= 15 is 0 Å². The third-order valence-corrected chi connectivity index (χ3v) is 6.10. The van der Waals surface area contributed by atoms with Gasteiger partial charge in [-0.2, -0.15) is 0 Å². The molecular formula is C25H25BrN2O4. The van der Waals surface area contributed by atoms with Gasteiger partial charge in [0, 0.05) is 30.7 Å². The zero-order valence-electron chi connectivity index (χ0n) is 17.9. The van der Waals surface area contributed by atoms with Crippen LogP contribution in [-0.4, -0.2) is 61.5 Å². The molecule has 6 nitrogen and oxygen atoms in total. The molecule has 0 N–H and O–H groups in total. The van der Waals surface area contributed by atoms with Gasteiger partial charge in [-0.1, -0.05) is 40.2 Å². The lowest BCUT2D eigenvalue weighted by molar-refractivity contribution is -0.133. The van der Waals surface area contributed by atoms with E-state index in [1.54, 1.807) is 29.0 Å². The highest BCUT2D eigenvalue weighted by molar-refractivity contribution is 9.10. The Bertz CT molecular complexity index is 1130. The summed E-state index contributed by atoms with van der Waals surface area (Å²) in [6.45, 7) is 2.14. The third-order valence-electron chi connectivity index (χ3n) is 5.61. The fourth-order valence-corrected chi connectivity index (χ4v) is 4.26. The van der Waals surface area contributed by atoms with Crippen molar-refractivity contribution in [3.8, 4) is 11.5 Å². The summed E-state index contributed by atoms with van der Waals surface area (Å²) in [7, 11) is 1.56. The highest BCUT2D eigenvalue weighted by atomic mass is 79.9. The molecule has 1 saturated heterocycles. The van der Waals surface area contributed by atoms with Crippen molar-refractivity contribution in [2.75, 3.05) is 39.9 Å². The Balaban J connectivity index is 1.34. The van der Waals surface area contributed by atoms with E-state index in [2.05, 4.69) is 15.9 Å². The first-order valence-corrected chi connectivity index (χ1v) is 11.4. The molecule has 0 aliphatic carbocycles. The topological polar surface area (TPSA) is 59.1 Å². The maximum Gasteiger partial charge on any atom is 0.260 e. The van der Waals surface area contributed by atoms with Gasteiger partial charge in [-0.15, -0.1) is 0 Å². The summed E-state index contributed by atoms with van der Waals surface area (Å²) in [6.07, 6.45) is 0.720. The van der Waals surface area contributed by atoms with Crippen LogP contribution in [0.4, 0.5) is 0 Å². The fraction of sp³-hybridized carbons (Fsp3) is 0.280. The first-order chi connectivity index (χ1) is 15.5. The van der Waals surface area contributed by atoms with E-state index in [-0.39, 0.29) is 18.4 Å². The van der Waals surface area contributed by atoms with Crippen molar-refractivity contribution < 1.29 is 19.1 Å². The summed E-state index contributed by atoms with van der Waals surface area (Å²) in [5, 5.41) is 2.16. The lowest BCUT2D eigenvalue weighted by Crippen LogP contribution is -2.39. The largest absolute Gasteiger partial charge is 0.496 e. The van der Waals surface area contributed by atoms with Crippen LogP contribution >= 0.6 is 15.9 Å². The molecule has 0 radical (unpaired) electrons. The molecule has 3 aromatic carbocycles. The summed E-state index contributed by atoms with van der Waals surface area (Å²) in [5.74, 6) is 1.07. The molecule has 0 spiro atoms. The monoisotopic (exact) mass is 496 g/mol. The molecule has 0 aromatic heterocycles. The molecule has 0 saturated carbocycles. The maximum atomic E-state index is 13.0. The maximum absolute atomic E-state index is 13.0. The predicted molar refractivity (Wildman–Crippen MR) is 127 cm³/mol. The molecule has 7 heteroatoms. The van der Waals surface area contributed by atoms with E-state index in [1.807, 2.05) is 48.5 Å². The Hall–Kier alpha value is -3.06. The molecule has 1 aliphatic heterocycles. The number of fused-ring (bicyclic) bond motifs is 1. The minimum Gasteiger partial charge on any atom is -0.496 e. The van der Waals surface area contributed by atoms with Gasteiger partial charge in [-0.05, 0) is 53.6 Å². The highest BCUT2D eigenvalue weighted by Gasteiger charge is 2.24. The van der Waals surface area contributed by atoms with Gasteiger partial charge >= 0.3 is 0 Å². The fourth-order valence-electron chi connectivity index (χ4n) is 3.88. The molecule has 1 aliphatic rings. The molecule has 32 heavy (non-hydrogen) atoms. The predicted octanol–water partition coefficient (Wildman–Crippen LogP) is 4.36.